The van der Waals surface area contributed by atoms with Crippen LogP contribution in [0.4, 0.5) is 27.5 Å². The molecule has 1 fully saturated rings. The number of anilines is 4. The molecule has 9 nitrogen and oxygen atoms in total. The number of hydrogen-bond acceptors (Lipinski definition) is 7. The van der Waals surface area contributed by atoms with Crippen molar-refractivity contribution in [2.24, 2.45) is 5.73 Å². The van der Waals surface area contributed by atoms with Gasteiger partial charge in [0, 0.05) is 31.7 Å². The van der Waals surface area contributed by atoms with Gasteiger partial charge in [0.15, 0.2) is 5.82 Å². The van der Waals surface area contributed by atoms with Crippen LogP contribution in [0.3, 0.4) is 0 Å². The lowest BCUT2D eigenvalue weighted by atomic mass is 9.89. The van der Waals surface area contributed by atoms with Gasteiger partial charge in [0.1, 0.15) is 5.82 Å². The topological polar surface area (TPSA) is 128 Å². The molecule has 1 saturated carbocycles. The number of primary amides is 1. The van der Waals surface area contributed by atoms with Crippen molar-refractivity contribution in [3.63, 3.8) is 0 Å². The van der Waals surface area contributed by atoms with Gasteiger partial charge in [-0.3, -0.25) is 14.5 Å². The molecule has 34 heavy (non-hydrogen) atoms. The minimum absolute atomic E-state index is 0.187. The fraction of sp³-hybridized carbons (Fsp3) is 0.458. The number of carbonyl (C=O) groups is 2. The minimum Gasteiger partial charge on any atom is -0.373 e. The van der Waals surface area contributed by atoms with E-state index < -0.39 is 17.3 Å². The van der Waals surface area contributed by atoms with Gasteiger partial charge in [-0.05, 0) is 50.3 Å². The van der Waals surface area contributed by atoms with Crippen LogP contribution in [0.2, 0.25) is 0 Å². The molecular formula is C24H30FN7O2. The Morgan fingerprint density at radius 2 is 2.06 bits per heavy atom. The number of rotatable bonds is 10. The minimum atomic E-state index is -0.846. The van der Waals surface area contributed by atoms with Crippen LogP contribution in [0.5, 0.6) is 0 Å². The smallest absolute Gasteiger partial charge is 0.251 e. The van der Waals surface area contributed by atoms with Crippen molar-refractivity contribution in [2.45, 2.75) is 57.4 Å². The number of carbonyl (C=O) groups excluding carboxylic acids is 2. The third-order valence-electron chi connectivity index (χ3n) is 6.37. The van der Waals surface area contributed by atoms with Crippen molar-refractivity contribution in [1.29, 1.82) is 5.26 Å². The first kappa shape index (κ1) is 24.9. The first-order valence-electron chi connectivity index (χ1n) is 11.3. The number of nitrogens with one attached hydrogen (secondary N) is 1. The summed E-state index contributed by atoms with van der Waals surface area (Å²) in [5.41, 5.74) is 6.26. The van der Waals surface area contributed by atoms with Gasteiger partial charge < -0.3 is 16.0 Å². The lowest BCUT2D eigenvalue weighted by molar-refractivity contribution is -0.108. The molecule has 10 heteroatoms. The summed E-state index contributed by atoms with van der Waals surface area (Å²) in [7, 11) is 3.69. The summed E-state index contributed by atoms with van der Waals surface area (Å²) < 4.78 is 14.4. The fourth-order valence-corrected chi connectivity index (χ4v) is 4.57. The summed E-state index contributed by atoms with van der Waals surface area (Å²) in [6.45, 7) is 1.71. The summed E-state index contributed by atoms with van der Waals surface area (Å²) in [6, 6.07) is 4.73. The molecule has 0 radical (unpaired) electrons. The summed E-state index contributed by atoms with van der Waals surface area (Å²) in [6.07, 6.45) is 7.90. The first-order chi connectivity index (χ1) is 16.2. The lowest BCUT2D eigenvalue weighted by Crippen LogP contribution is -2.47. The maximum atomic E-state index is 14.4. The molecule has 0 bridgehead atoms. The van der Waals surface area contributed by atoms with E-state index in [2.05, 4.69) is 21.4 Å². The quantitative estimate of drug-likeness (QED) is 0.402. The van der Waals surface area contributed by atoms with Gasteiger partial charge in [-0.1, -0.05) is 12.8 Å². The maximum Gasteiger partial charge on any atom is 0.251 e. The van der Waals surface area contributed by atoms with Crippen molar-refractivity contribution in [1.82, 2.24) is 9.97 Å². The summed E-state index contributed by atoms with van der Waals surface area (Å²) in [5, 5.41) is 12.0. The van der Waals surface area contributed by atoms with E-state index in [1.165, 1.54) is 12.1 Å². The van der Waals surface area contributed by atoms with E-state index in [1.807, 2.05) is 19.0 Å². The molecule has 3 rings (SSSR count). The Morgan fingerprint density at radius 3 is 2.65 bits per heavy atom. The van der Waals surface area contributed by atoms with E-state index in [4.69, 9.17) is 11.0 Å². The Bertz CT molecular complexity index is 1110. The number of amides is 2. The van der Waals surface area contributed by atoms with Gasteiger partial charge >= 0.3 is 0 Å². The highest BCUT2D eigenvalue weighted by Crippen LogP contribution is 2.43. The molecule has 0 atom stereocenters. The van der Waals surface area contributed by atoms with Crippen LogP contribution in [-0.2, 0) is 4.79 Å². The number of aryl methyl sites for hydroxylation is 1. The second-order valence-corrected chi connectivity index (χ2v) is 8.85. The van der Waals surface area contributed by atoms with Gasteiger partial charge in [0.05, 0.1) is 23.5 Å². The molecule has 2 amide bonds. The predicted molar refractivity (Wildman–Crippen MR) is 129 cm³/mol. The fourth-order valence-electron chi connectivity index (χ4n) is 4.57. The Morgan fingerprint density at radius 1 is 1.35 bits per heavy atom. The molecule has 1 heterocycles. The average Bonchev–Trinajstić information content (AvgIpc) is 3.26. The van der Waals surface area contributed by atoms with Crippen LogP contribution in [0.25, 0.3) is 0 Å². The Balaban J connectivity index is 2.02. The van der Waals surface area contributed by atoms with Crippen LogP contribution in [-0.4, -0.2) is 41.9 Å². The zero-order valence-corrected chi connectivity index (χ0v) is 19.8. The Hall–Kier alpha value is -3.74. The van der Waals surface area contributed by atoms with Crippen LogP contribution in [0.1, 0.15) is 60.9 Å². The third kappa shape index (κ3) is 5.09. The largest absolute Gasteiger partial charge is 0.373 e. The normalized spacial score (nSPS) is 14.3. The number of halogens is 1. The molecule has 2 aromatic rings. The van der Waals surface area contributed by atoms with Crippen molar-refractivity contribution in [2.75, 3.05) is 29.2 Å². The van der Waals surface area contributed by atoms with Gasteiger partial charge in [-0.2, -0.15) is 10.2 Å². The van der Waals surface area contributed by atoms with E-state index in [0.717, 1.165) is 32.1 Å². The van der Waals surface area contributed by atoms with Gasteiger partial charge in [-0.25, -0.2) is 9.37 Å². The van der Waals surface area contributed by atoms with E-state index in [1.54, 1.807) is 18.0 Å². The molecule has 180 valence electrons. The number of unbranched alkanes of at least 4 members (excludes halogenated alkanes) is 1. The SMILES string of the molecule is Cc1cc(C(N)=O)c(F)cc1Nc1ncc(N(C)C)c(N(C=O)C2(CCCC#N)CCCC2)n1. The Labute approximate surface area is 198 Å². The molecule has 1 aromatic heterocycles. The molecule has 0 aliphatic heterocycles. The van der Waals surface area contributed by atoms with Crippen LogP contribution < -0.4 is 20.9 Å². The monoisotopic (exact) mass is 467 g/mol. The predicted octanol–water partition coefficient (Wildman–Crippen LogP) is 3.80. The number of benzene rings is 1. The van der Waals surface area contributed by atoms with Crippen molar-refractivity contribution < 1.29 is 14.0 Å². The molecule has 0 spiro atoms. The zero-order chi connectivity index (χ0) is 24.9. The molecule has 0 saturated heterocycles. The molecule has 1 aliphatic carbocycles. The van der Waals surface area contributed by atoms with E-state index in [-0.39, 0.29) is 11.5 Å². The molecule has 3 N–H and O–H groups in total. The van der Waals surface area contributed by atoms with Gasteiger partial charge in [0.2, 0.25) is 12.4 Å². The standard InChI is InChI=1S/C24H30FN7O2/c1-16-12-17(21(27)34)18(25)13-19(16)29-23-28-14-20(31(2)3)22(30-23)32(15-33)24(8-4-5-9-24)10-6-7-11-26/h12-15H,4-10H2,1-3H3,(H2,27,34)(H,28,29,30). The number of nitrogens with zero attached hydrogens (tertiary/aromatic N) is 5. The first-order valence-corrected chi connectivity index (χ1v) is 11.3. The number of hydrogen-bond donors (Lipinski definition) is 2. The van der Waals surface area contributed by atoms with Crippen LogP contribution >= 0.6 is 0 Å². The molecule has 1 aliphatic rings. The molecular weight excluding hydrogens is 437 g/mol. The summed E-state index contributed by atoms with van der Waals surface area (Å²) >= 11 is 0. The number of nitriles is 1. The second-order valence-electron chi connectivity index (χ2n) is 8.85. The van der Waals surface area contributed by atoms with Crippen LogP contribution in [0, 0.1) is 24.1 Å². The van der Waals surface area contributed by atoms with Crippen molar-refractivity contribution >= 4 is 35.5 Å². The molecule has 0 unspecified atom stereocenters. The third-order valence-corrected chi connectivity index (χ3v) is 6.37. The van der Waals surface area contributed by atoms with E-state index >= 15 is 0 Å². The molecule has 1 aromatic carbocycles. The maximum absolute atomic E-state index is 14.4. The van der Waals surface area contributed by atoms with Crippen LogP contribution in [0.15, 0.2) is 18.3 Å². The number of aromatic nitrogens is 2. The summed E-state index contributed by atoms with van der Waals surface area (Å²) in [4.78, 5) is 36.4. The Kier molecular flexibility index (Phi) is 7.66. The van der Waals surface area contributed by atoms with E-state index in [9.17, 15) is 14.0 Å². The highest BCUT2D eigenvalue weighted by Gasteiger charge is 2.41. The van der Waals surface area contributed by atoms with Gasteiger partial charge in [-0.15, -0.1) is 0 Å². The van der Waals surface area contributed by atoms with Crippen molar-refractivity contribution in [3.05, 3.63) is 35.3 Å². The van der Waals surface area contributed by atoms with E-state index in [0.29, 0.717) is 42.0 Å². The summed E-state index contributed by atoms with van der Waals surface area (Å²) in [5.74, 6) is -0.959. The number of nitrogens with two attached hydrogens (primary N) is 1. The average molecular weight is 468 g/mol. The van der Waals surface area contributed by atoms with Gasteiger partial charge in [0.25, 0.3) is 5.91 Å². The highest BCUT2D eigenvalue weighted by molar-refractivity contribution is 5.94. The zero-order valence-electron chi connectivity index (χ0n) is 19.8. The van der Waals surface area contributed by atoms with Crippen molar-refractivity contribution in [3.8, 4) is 6.07 Å². The highest BCUT2D eigenvalue weighted by atomic mass is 19.1. The second kappa shape index (κ2) is 10.5. The lowest BCUT2D eigenvalue weighted by Gasteiger charge is -2.39.